The Morgan fingerprint density at radius 2 is 1.20 bits per heavy atom. The van der Waals surface area contributed by atoms with Crippen molar-refractivity contribution in [2.75, 3.05) is 76.4 Å². The number of nitrogens with one attached hydrogen (secondary N) is 1. The summed E-state index contributed by atoms with van der Waals surface area (Å²) in [4.78, 5) is 60.8. The molecule has 0 fully saturated rings. The van der Waals surface area contributed by atoms with Crippen LogP contribution in [-0.4, -0.2) is 91.0 Å². The molecule has 2 aliphatic heterocycles. The third-order valence-electron chi connectivity index (χ3n) is 13.7. The molecule has 2 aliphatic carbocycles. The second kappa shape index (κ2) is 23.4. The summed E-state index contributed by atoms with van der Waals surface area (Å²) >= 11 is 11.7. The molecule has 80 heavy (non-hydrogen) atoms. The molecule has 0 bridgehead atoms. The number of benzene rings is 7. The van der Waals surface area contributed by atoms with Gasteiger partial charge in [-0.2, -0.15) is 0 Å². The Balaban J connectivity index is 0.000000194. The van der Waals surface area contributed by atoms with Gasteiger partial charge in [-0.15, -0.1) is 23.2 Å². The van der Waals surface area contributed by atoms with Gasteiger partial charge in [-0.1, -0.05) is 36.4 Å². The zero-order valence-electron chi connectivity index (χ0n) is 45.2. The van der Waals surface area contributed by atoms with E-state index >= 15 is 0 Å². The molecule has 16 heteroatoms. The maximum Gasteiger partial charge on any atom is 0.336 e. The van der Waals surface area contributed by atoms with E-state index in [9.17, 15) is 29.4 Å². The Bertz CT molecular complexity index is 3900. The molecule has 2 amide bonds. The summed E-state index contributed by atoms with van der Waals surface area (Å²) in [5, 5.41) is 27.2. The van der Waals surface area contributed by atoms with Gasteiger partial charge >= 0.3 is 5.97 Å². The summed E-state index contributed by atoms with van der Waals surface area (Å²) < 4.78 is 14.7. The molecule has 0 atom stereocenters. The summed E-state index contributed by atoms with van der Waals surface area (Å²) in [7, 11) is 15.6. The molecule has 6 aromatic rings. The first-order chi connectivity index (χ1) is 38.3. The fraction of sp³-hybridized carbons (Fsp3) is 0.156. The number of alkyl halides is 2. The molecule has 2 heterocycles. The van der Waals surface area contributed by atoms with Crippen LogP contribution in [0.5, 0.6) is 11.5 Å². The number of rotatable bonds is 11. The quantitative estimate of drug-likeness (QED) is 0.0717. The van der Waals surface area contributed by atoms with Crippen LogP contribution in [0.2, 0.25) is 0 Å². The Hall–Kier alpha value is -9.24. The zero-order valence-corrected chi connectivity index (χ0v) is 46.7. The van der Waals surface area contributed by atoms with Gasteiger partial charge in [-0.05, 0) is 113 Å². The fourth-order valence-corrected chi connectivity index (χ4v) is 9.65. The number of ether oxygens (including phenoxy) is 1. The Morgan fingerprint density at radius 3 is 1.75 bits per heavy atom. The number of fused-ring (bicyclic) bond motifs is 4. The average Bonchev–Trinajstić information content (AvgIpc) is 3.52. The summed E-state index contributed by atoms with van der Waals surface area (Å²) in [6.07, 6.45) is 4.81. The Morgan fingerprint density at radius 1 is 0.637 bits per heavy atom. The molecular weight excluding hydrogens is 1050 g/mol. The SMILES string of the molecule is CN(C)c1ccc2c(-c3cc(NC(=O)c4ccc(CCl)cc4)ccc3C(=O)[O-])c3ccc(=[N+](C)C)cc-3oc2c1.CN(C)c1ccc2c(c1)Oc1cc(N(C)C)ccc1C2=C1C=CC(=NC(=O)c2ccc(CCl)cc2)C=C1C(=O)O. The van der Waals surface area contributed by atoms with Crippen LogP contribution < -0.4 is 39.8 Å². The predicted octanol–water partition coefficient (Wildman–Crippen LogP) is 11.0. The maximum atomic E-state index is 13.0. The number of aliphatic imine (C=N–C) groups is 1. The molecular formula is C64H56Cl2N6O8. The van der Waals surface area contributed by atoms with Crippen molar-refractivity contribution in [1.29, 1.82) is 0 Å². The van der Waals surface area contributed by atoms with Crippen LogP contribution in [0.4, 0.5) is 22.7 Å². The van der Waals surface area contributed by atoms with E-state index in [1.54, 1.807) is 72.8 Å². The summed E-state index contributed by atoms with van der Waals surface area (Å²) in [6.45, 7) is 0. The van der Waals surface area contributed by atoms with Gasteiger partial charge in [-0.25, -0.2) is 14.4 Å². The number of aromatic carboxylic acids is 1. The Kier molecular flexibility index (Phi) is 16.2. The number of hydrogen-bond acceptors (Lipinski definition) is 10. The van der Waals surface area contributed by atoms with Crippen molar-refractivity contribution in [3.8, 4) is 33.9 Å². The second-order valence-corrected chi connectivity index (χ2v) is 20.4. The van der Waals surface area contributed by atoms with Gasteiger partial charge in [-0.3, -0.25) is 9.59 Å². The van der Waals surface area contributed by atoms with E-state index in [2.05, 4.69) is 10.3 Å². The third kappa shape index (κ3) is 11.6. The summed E-state index contributed by atoms with van der Waals surface area (Å²) in [6, 6.07) is 41.9. The lowest BCUT2D eigenvalue weighted by atomic mass is 9.84. The molecule has 4 aliphatic rings. The van der Waals surface area contributed by atoms with Crippen molar-refractivity contribution in [1.82, 2.24) is 4.58 Å². The van der Waals surface area contributed by atoms with Crippen molar-refractivity contribution in [3.05, 3.63) is 213 Å². The van der Waals surface area contributed by atoms with Gasteiger partial charge in [0.15, 0.2) is 0 Å². The minimum atomic E-state index is -1.32. The topological polar surface area (TPSA) is 171 Å². The molecule has 0 spiro atoms. The number of carbonyl (C=O) groups is 4. The van der Waals surface area contributed by atoms with E-state index in [-0.39, 0.29) is 22.8 Å². The van der Waals surface area contributed by atoms with Gasteiger partial charge in [0.2, 0.25) is 5.36 Å². The normalized spacial score (nSPS) is 12.9. The molecule has 0 radical (unpaired) electrons. The van der Waals surface area contributed by atoms with Crippen LogP contribution in [0.25, 0.3) is 39.0 Å². The standard InChI is InChI=1S/2C32H28ClN3O4/c1-35(2)22-10-13-25-28(16-22)40-29-17-23(36(3)4)11-14-26(29)30(25)27-15-21(9-12-24(27)32(38)39)34-31(37)20-7-5-19(18-33)6-8-20;1-35(2)22-10-13-25-28(16-22)40-29-17-23(36(3)4)11-14-26(29)30(25)24-12-9-21(15-27(24)32(38)39)34-31(37)20-7-5-19(18-33)6-8-20/h5-17H,18H2,1-4H3,(H-,34,37,38,39);5-17H,18H2,1-4H3,(H,38,39). The van der Waals surface area contributed by atoms with E-state index in [4.69, 9.17) is 32.4 Å². The molecule has 10 rings (SSSR count). The van der Waals surface area contributed by atoms with Crippen LogP contribution in [0.3, 0.4) is 0 Å². The molecule has 14 nitrogen and oxygen atoms in total. The summed E-state index contributed by atoms with van der Waals surface area (Å²) in [5.74, 6) is -0.669. The van der Waals surface area contributed by atoms with E-state index in [0.717, 1.165) is 61.2 Å². The largest absolute Gasteiger partial charge is 0.545 e. The number of halogens is 2. The van der Waals surface area contributed by atoms with Gasteiger partial charge in [0.05, 0.1) is 23.3 Å². The average molecular weight is 1110 g/mol. The number of amides is 2. The Labute approximate surface area is 473 Å². The van der Waals surface area contributed by atoms with Gasteiger partial charge < -0.3 is 44.2 Å². The molecule has 6 aromatic carbocycles. The third-order valence-corrected chi connectivity index (χ3v) is 14.3. The van der Waals surface area contributed by atoms with Crippen molar-refractivity contribution >= 4 is 92.0 Å². The van der Waals surface area contributed by atoms with E-state index in [1.807, 2.05) is 148 Å². The monoisotopic (exact) mass is 1110 g/mol. The lowest BCUT2D eigenvalue weighted by Gasteiger charge is -2.28. The second-order valence-electron chi connectivity index (χ2n) is 19.9. The molecule has 0 saturated carbocycles. The van der Waals surface area contributed by atoms with Crippen molar-refractivity contribution in [3.63, 3.8) is 0 Å². The smallest absolute Gasteiger partial charge is 0.336 e. The summed E-state index contributed by atoms with van der Waals surface area (Å²) in [5.41, 5.74) is 11.5. The lowest BCUT2D eigenvalue weighted by Crippen LogP contribution is -2.23. The number of nitrogens with zero attached hydrogens (tertiary/aromatic N) is 5. The molecule has 0 unspecified atom stereocenters. The van der Waals surface area contributed by atoms with Crippen LogP contribution in [-0.2, 0) is 16.6 Å². The van der Waals surface area contributed by atoms with E-state index in [0.29, 0.717) is 68.1 Å². The van der Waals surface area contributed by atoms with Crippen molar-refractivity contribution in [2.45, 2.75) is 11.8 Å². The number of allylic oxidation sites excluding steroid dienone is 3. The minimum absolute atomic E-state index is 0.00614. The number of carbonyl (C=O) groups excluding carboxylic acids is 3. The minimum Gasteiger partial charge on any atom is -0.545 e. The van der Waals surface area contributed by atoms with Crippen LogP contribution in [0.15, 0.2) is 178 Å². The number of anilines is 4. The highest BCUT2D eigenvalue weighted by Gasteiger charge is 2.30. The van der Waals surface area contributed by atoms with E-state index < -0.39 is 17.8 Å². The highest BCUT2D eigenvalue weighted by molar-refractivity contribution is 6.19. The highest BCUT2D eigenvalue weighted by atomic mass is 35.5. The van der Waals surface area contributed by atoms with Crippen LogP contribution in [0, 0.1) is 0 Å². The highest BCUT2D eigenvalue weighted by Crippen LogP contribution is 2.49. The van der Waals surface area contributed by atoms with Crippen LogP contribution in [0.1, 0.15) is 53.3 Å². The first-order valence-electron chi connectivity index (χ1n) is 25.3. The first kappa shape index (κ1) is 55.5. The molecule has 0 aromatic heterocycles. The predicted molar refractivity (Wildman–Crippen MR) is 318 cm³/mol. The molecule has 404 valence electrons. The lowest BCUT2D eigenvalue weighted by molar-refractivity contribution is -0.254. The molecule has 0 saturated heterocycles. The van der Waals surface area contributed by atoms with Crippen LogP contribution >= 0.6 is 23.2 Å². The number of carboxylic acids is 2. The zero-order chi connectivity index (χ0) is 57.1. The number of aliphatic carboxylic acids is 1. The van der Waals surface area contributed by atoms with E-state index in [1.165, 1.54) is 12.1 Å². The van der Waals surface area contributed by atoms with Gasteiger partial charge in [0, 0.05) is 151 Å². The molecule has 2 N–H and O–H groups in total. The fourth-order valence-electron chi connectivity index (χ4n) is 9.30. The van der Waals surface area contributed by atoms with Crippen molar-refractivity contribution in [2.24, 2.45) is 4.99 Å². The maximum absolute atomic E-state index is 13.0. The first-order valence-corrected chi connectivity index (χ1v) is 26.4. The number of hydrogen-bond donors (Lipinski definition) is 2. The van der Waals surface area contributed by atoms with Crippen molar-refractivity contribution < 1.29 is 38.5 Å². The van der Waals surface area contributed by atoms with Gasteiger partial charge in [0.1, 0.15) is 36.9 Å². The number of carboxylic acid groups (broad SMARTS) is 2. The van der Waals surface area contributed by atoms with Gasteiger partial charge in [0.25, 0.3) is 11.8 Å².